The molecule has 3 amide bonds. The van der Waals surface area contributed by atoms with Gasteiger partial charge < -0.3 is 10.6 Å². The molecule has 1 atom stereocenters. The highest BCUT2D eigenvalue weighted by molar-refractivity contribution is 5.94. The summed E-state index contributed by atoms with van der Waals surface area (Å²) in [5, 5.41) is 7.16. The lowest BCUT2D eigenvalue weighted by Gasteiger charge is -2.23. The van der Waals surface area contributed by atoms with Gasteiger partial charge in [-0.2, -0.15) is 0 Å². The lowest BCUT2D eigenvalue weighted by atomic mass is 9.96. The monoisotopic (exact) mass is 350 g/mol. The van der Waals surface area contributed by atoms with Crippen molar-refractivity contribution < 1.29 is 19.3 Å². The van der Waals surface area contributed by atoms with Gasteiger partial charge in [0.15, 0.2) is 6.54 Å². The van der Waals surface area contributed by atoms with Crippen LogP contribution in [0.25, 0.3) is 0 Å². The van der Waals surface area contributed by atoms with E-state index >= 15 is 0 Å². The van der Waals surface area contributed by atoms with Gasteiger partial charge in [-0.15, -0.1) is 0 Å². The van der Waals surface area contributed by atoms with Crippen LogP contribution in [0.2, 0.25) is 0 Å². The number of urea groups is 1. The van der Waals surface area contributed by atoms with E-state index in [-0.39, 0.29) is 36.3 Å². The summed E-state index contributed by atoms with van der Waals surface area (Å²) >= 11 is 0. The van der Waals surface area contributed by atoms with Crippen molar-refractivity contribution in [3.05, 3.63) is 35.6 Å². The number of amides is 3. The Kier molecular flexibility index (Phi) is 7.37. The predicted molar refractivity (Wildman–Crippen MR) is 94.3 cm³/mol. The number of rotatable bonds is 6. The molecular formula is C19H29FN3O2+. The molecule has 1 aliphatic carbocycles. The van der Waals surface area contributed by atoms with Crippen LogP contribution in [0.1, 0.15) is 57.6 Å². The summed E-state index contributed by atoms with van der Waals surface area (Å²) in [5.41, 5.74) is 0.968. The molecule has 1 aromatic carbocycles. The number of quaternary nitrogens is 1. The Bertz CT molecular complexity index is 569. The minimum absolute atomic E-state index is 0.0350. The molecule has 2 rings (SSSR count). The molecule has 0 aliphatic heterocycles. The summed E-state index contributed by atoms with van der Waals surface area (Å²) in [6.07, 6.45) is 5.43. The zero-order valence-corrected chi connectivity index (χ0v) is 15.1. The number of hydrogen-bond acceptors (Lipinski definition) is 2. The Labute approximate surface area is 148 Å². The van der Waals surface area contributed by atoms with Crippen LogP contribution in [0, 0.1) is 11.7 Å². The highest BCUT2D eigenvalue weighted by atomic mass is 19.1. The van der Waals surface area contributed by atoms with Gasteiger partial charge in [0.05, 0.1) is 0 Å². The Balaban J connectivity index is 1.80. The lowest BCUT2D eigenvalue weighted by molar-refractivity contribution is -0.692. The maximum atomic E-state index is 13.1. The summed E-state index contributed by atoms with van der Waals surface area (Å²) in [6.45, 7) is 4.26. The molecule has 0 radical (unpaired) electrons. The highest BCUT2D eigenvalue weighted by Crippen LogP contribution is 2.18. The summed E-state index contributed by atoms with van der Waals surface area (Å²) in [6, 6.07) is 6.13. The predicted octanol–water partition coefficient (Wildman–Crippen LogP) is 2.24. The number of halogens is 1. The van der Waals surface area contributed by atoms with E-state index in [1.54, 1.807) is 12.1 Å². The summed E-state index contributed by atoms with van der Waals surface area (Å²) < 4.78 is 13.1. The van der Waals surface area contributed by atoms with Crippen molar-refractivity contribution in [2.24, 2.45) is 5.92 Å². The Hall–Kier alpha value is -1.95. The van der Waals surface area contributed by atoms with Gasteiger partial charge in [-0.1, -0.05) is 45.2 Å². The second kappa shape index (κ2) is 9.51. The fourth-order valence-electron chi connectivity index (χ4n) is 3.36. The van der Waals surface area contributed by atoms with Crippen molar-refractivity contribution in [1.82, 2.24) is 10.6 Å². The second-order valence-electron chi connectivity index (χ2n) is 7.12. The molecule has 1 aliphatic rings. The van der Waals surface area contributed by atoms with Gasteiger partial charge in [-0.05, 0) is 25.0 Å². The molecule has 0 aromatic heterocycles. The maximum Gasteiger partial charge on any atom is 0.321 e. The van der Waals surface area contributed by atoms with Gasteiger partial charge in [0.2, 0.25) is 0 Å². The molecule has 0 heterocycles. The standard InChI is InChI=1S/C19H28FN3O2/c1-13(2)18(14-8-10-15(20)11-9-14)21-12-17(24)23-19(25)22-16-6-4-3-5-7-16/h8-11,13,16,18,21H,3-7,12H2,1-2H3,(H2,22,23,24,25)/p+1/t18-/m1/s1. The fourth-order valence-corrected chi connectivity index (χ4v) is 3.36. The summed E-state index contributed by atoms with van der Waals surface area (Å²) in [4.78, 5) is 24.0. The van der Waals surface area contributed by atoms with Crippen molar-refractivity contribution >= 4 is 11.9 Å². The fraction of sp³-hybridized carbons (Fsp3) is 0.579. The van der Waals surface area contributed by atoms with Crippen molar-refractivity contribution in [1.29, 1.82) is 0 Å². The first-order chi connectivity index (χ1) is 12.0. The first-order valence-electron chi connectivity index (χ1n) is 9.15. The maximum absolute atomic E-state index is 13.1. The van der Waals surface area contributed by atoms with Crippen LogP contribution in [0.4, 0.5) is 9.18 Å². The Morgan fingerprint density at radius 2 is 1.80 bits per heavy atom. The third-order valence-electron chi connectivity index (χ3n) is 4.72. The van der Waals surface area contributed by atoms with Crippen LogP contribution in [0.5, 0.6) is 0 Å². The molecule has 1 fully saturated rings. The van der Waals surface area contributed by atoms with Crippen molar-refractivity contribution in [3.8, 4) is 0 Å². The number of nitrogens with two attached hydrogens (primary N) is 1. The molecule has 6 heteroatoms. The highest BCUT2D eigenvalue weighted by Gasteiger charge is 2.22. The molecule has 1 saturated carbocycles. The molecule has 0 unspecified atom stereocenters. The van der Waals surface area contributed by atoms with Crippen molar-refractivity contribution in [3.63, 3.8) is 0 Å². The van der Waals surface area contributed by atoms with Crippen LogP contribution in [-0.4, -0.2) is 24.5 Å². The van der Waals surface area contributed by atoms with E-state index in [4.69, 9.17) is 0 Å². The van der Waals surface area contributed by atoms with Crippen LogP contribution >= 0.6 is 0 Å². The Morgan fingerprint density at radius 1 is 1.16 bits per heavy atom. The molecule has 25 heavy (non-hydrogen) atoms. The van der Waals surface area contributed by atoms with Gasteiger partial charge in [-0.25, -0.2) is 9.18 Å². The average Bonchev–Trinajstić information content (AvgIpc) is 2.57. The smallest absolute Gasteiger partial charge is 0.321 e. The average molecular weight is 350 g/mol. The minimum Gasteiger partial charge on any atom is -0.335 e. The number of nitrogens with one attached hydrogen (secondary N) is 2. The zero-order valence-electron chi connectivity index (χ0n) is 15.1. The molecule has 0 spiro atoms. The molecule has 0 bridgehead atoms. The summed E-state index contributed by atoms with van der Waals surface area (Å²) in [7, 11) is 0. The first-order valence-corrected chi connectivity index (χ1v) is 9.15. The van der Waals surface area contributed by atoms with E-state index in [2.05, 4.69) is 24.5 Å². The lowest BCUT2D eigenvalue weighted by Crippen LogP contribution is -2.88. The number of hydrogen-bond donors (Lipinski definition) is 3. The molecule has 4 N–H and O–H groups in total. The Morgan fingerprint density at radius 3 is 2.40 bits per heavy atom. The van der Waals surface area contributed by atoms with Gasteiger partial charge in [-0.3, -0.25) is 10.1 Å². The third kappa shape index (κ3) is 6.46. The number of carbonyl (C=O) groups excluding carboxylic acids is 2. The van der Waals surface area contributed by atoms with Gasteiger partial charge in [0, 0.05) is 17.5 Å². The van der Waals surface area contributed by atoms with E-state index in [9.17, 15) is 14.0 Å². The van der Waals surface area contributed by atoms with E-state index in [1.807, 2.05) is 5.32 Å². The van der Waals surface area contributed by atoms with E-state index in [0.717, 1.165) is 31.2 Å². The third-order valence-corrected chi connectivity index (χ3v) is 4.72. The minimum atomic E-state index is -0.409. The van der Waals surface area contributed by atoms with E-state index in [1.165, 1.54) is 18.6 Å². The van der Waals surface area contributed by atoms with Gasteiger partial charge in [0.25, 0.3) is 5.91 Å². The van der Waals surface area contributed by atoms with Crippen molar-refractivity contribution in [2.75, 3.05) is 6.54 Å². The first kappa shape index (κ1) is 19.4. The van der Waals surface area contributed by atoms with E-state index < -0.39 is 6.03 Å². The number of carbonyl (C=O) groups is 2. The van der Waals surface area contributed by atoms with Gasteiger partial charge in [0.1, 0.15) is 11.9 Å². The second-order valence-corrected chi connectivity index (χ2v) is 7.12. The largest absolute Gasteiger partial charge is 0.335 e. The summed E-state index contributed by atoms with van der Waals surface area (Å²) in [5.74, 6) is -0.321. The molecule has 5 nitrogen and oxygen atoms in total. The molecular weight excluding hydrogens is 321 g/mol. The van der Waals surface area contributed by atoms with E-state index in [0.29, 0.717) is 0 Å². The zero-order chi connectivity index (χ0) is 18.2. The molecule has 1 aromatic rings. The number of benzene rings is 1. The van der Waals surface area contributed by atoms with Gasteiger partial charge >= 0.3 is 6.03 Å². The SMILES string of the molecule is CC(C)[C@@H]([NH2+]CC(=O)NC(=O)NC1CCCCC1)c1ccc(F)cc1. The molecule has 138 valence electrons. The topological polar surface area (TPSA) is 74.8 Å². The normalized spacial score (nSPS) is 16.5. The van der Waals surface area contributed by atoms with Crippen LogP contribution < -0.4 is 16.0 Å². The van der Waals surface area contributed by atoms with Crippen LogP contribution in [-0.2, 0) is 4.79 Å². The van der Waals surface area contributed by atoms with Crippen molar-refractivity contribution in [2.45, 2.75) is 58.0 Å². The number of imide groups is 1. The quantitative estimate of drug-likeness (QED) is 0.736. The van der Waals surface area contributed by atoms with Crippen LogP contribution in [0.15, 0.2) is 24.3 Å². The molecule has 0 saturated heterocycles. The van der Waals surface area contributed by atoms with Crippen LogP contribution in [0.3, 0.4) is 0 Å².